The van der Waals surface area contributed by atoms with Crippen molar-refractivity contribution >= 4 is 18.8 Å². The average Bonchev–Trinajstić information content (AvgIpc) is 2.58. The lowest BCUT2D eigenvalue weighted by atomic mass is 10.1. The molecule has 0 amide bonds. The fourth-order valence-electron chi connectivity index (χ4n) is 2.79. The first-order valence-corrected chi connectivity index (χ1v) is 9.91. The number of hydrogen-bond acceptors (Lipinski definition) is 5. The monoisotopic (exact) mass is 355 g/mol. The smallest absolute Gasteiger partial charge is 0.320 e. The maximum atomic E-state index is 13.7. The second kappa shape index (κ2) is 8.65. The summed E-state index contributed by atoms with van der Waals surface area (Å²) < 4.78 is 31.5. The van der Waals surface area contributed by atoms with Crippen molar-refractivity contribution in [2.75, 3.05) is 26.9 Å². The highest BCUT2D eigenvalue weighted by Crippen LogP contribution is 2.52. The lowest BCUT2D eigenvalue weighted by molar-refractivity contribution is -0.143. The van der Waals surface area contributed by atoms with Crippen LogP contribution in [0.2, 0.25) is 0 Å². The standard InChI is InChI=1S/C17H26NO5P/c1-4-22-17(19)13-18-14(2)7-5-6-12-23-24(18,20)16-10-8-15(21-3)9-11-16/h8-11,14H,4-7,12-13H2,1-3H3. The normalized spacial score (nSPS) is 25.5. The summed E-state index contributed by atoms with van der Waals surface area (Å²) in [6, 6.07) is 6.95. The molecule has 0 saturated carbocycles. The average molecular weight is 355 g/mol. The molecule has 134 valence electrons. The van der Waals surface area contributed by atoms with Gasteiger partial charge in [-0.1, -0.05) is 0 Å². The van der Waals surface area contributed by atoms with Crippen molar-refractivity contribution in [2.24, 2.45) is 0 Å². The van der Waals surface area contributed by atoms with E-state index in [1.54, 1.807) is 43.0 Å². The van der Waals surface area contributed by atoms with Gasteiger partial charge < -0.3 is 14.0 Å². The van der Waals surface area contributed by atoms with Gasteiger partial charge >= 0.3 is 13.5 Å². The Morgan fingerprint density at radius 1 is 1.33 bits per heavy atom. The molecule has 2 atom stereocenters. The van der Waals surface area contributed by atoms with Gasteiger partial charge in [-0.2, -0.15) is 0 Å². The maximum Gasteiger partial charge on any atom is 0.320 e. The minimum Gasteiger partial charge on any atom is -0.497 e. The largest absolute Gasteiger partial charge is 0.497 e. The van der Waals surface area contributed by atoms with Gasteiger partial charge in [0.1, 0.15) is 12.3 Å². The van der Waals surface area contributed by atoms with Crippen LogP contribution < -0.4 is 10.0 Å². The molecule has 1 saturated heterocycles. The van der Waals surface area contributed by atoms with Crippen LogP contribution in [0.3, 0.4) is 0 Å². The van der Waals surface area contributed by atoms with Crippen molar-refractivity contribution in [3.63, 3.8) is 0 Å². The van der Waals surface area contributed by atoms with E-state index in [4.69, 9.17) is 14.0 Å². The molecule has 24 heavy (non-hydrogen) atoms. The van der Waals surface area contributed by atoms with Crippen molar-refractivity contribution in [1.82, 2.24) is 4.67 Å². The van der Waals surface area contributed by atoms with Crippen LogP contribution in [0.4, 0.5) is 0 Å². The summed E-state index contributed by atoms with van der Waals surface area (Å²) in [7, 11) is -1.75. The van der Waals surface area contributed by atoms with Gasteiger partial charge in [0, 0.05) is 6.04 Å². The Kier molecular flexibility index (Phi) is 6.84. The minimum absolute atomic E-state index is 0.0392. The van der Waals surface area contributed by atoms with E-state index >= 15 is 0 Å². The number of methoxy groups -OCH3 is 1. The van der Waals surface area contributed by atoms with Crippen molar-refractivity contribution in [1.29, 1.82) is 0 Å². The molecule has 0 bridgehead atoms. The molecule has 2 unspecified atom stereocenters. The predicted octanol–water partition coefficient (Wildman–Crippen LogP) is 2.97. The second-order valence-electron chi connectivity index (χ2n) is 5.80. The van der Waals surface area contributed by atoms with Gasteiger partial charge in [0.25, 0.3) is 0 Å². The molecule has 0 spiro atoms. The summed E-state index contributed by atoms with van der Waals surface area (Å²) in [6.45, 7) is 4.40. The van der Waals surface area contributed by atoms with Crippen LogP contribution in [0.15, 0.2) is 24.3 Å². The van der Waals surface area contributed by atoms with E-state index in [-0.39, 0.29) is 18.6 Å². The lowest BCUT2D eigenvalue weighted by Crippen LogP contribution is -2.40. The SMILES string of the molecule is CCOC(=O)CN1C(C)CCCCOP1(=O)c1ccc(OC)cc1. The number of rotatable bonds is 5. The van der Waals surface area contributed by atoms with E-state index in [1.807, 2.05) is 6.92 Å². The van der Waals surface area contributed by atoms with Crippen LogP contribution in [0.25, 0.3) is 0 Å². The van der Waals surface area contributed by atoms with Crippen LogP contribution in [0.1, 0.15) is 33.1 Å². The highest BCUT2D eigenvalue weighted by atomic mass is 31.2. The molecular formula is C17H26NO5P. The van der Waals surface area contributed by atoms with E-state index < -0.39 is 7.52 Å². The molecule has 1 aliphatic heterocycles. The summed E-state index contributed by atoms with van der Waals surface area (Å²) in [4.78, 5) is 12.0. The molecule has 0 aromatic heterocycles. The Morgan fingerprint density at radius 3 is 2.67 bits per heavy atom. The number of ether oxygens (including phenoxy) is 2. The molecule has 7 heteroatoms. The molecular weight excluding hydrogens is 329 g/mol. The molecule has 1 aromatic rings. The minimum atomic E-state index is -3.33. The Bertz CT molecular complexity index is 589. The Balaban J connectivity index is 2.36. The molecule has 6 nitrogen and oxygen atoms in total. The zero-order valence-corrected chi connectivity index (χ0v) is 15.5. The van der Waals surface area contributed by atoms with Crippen molar-refractivity contribution in [3.05, 3.63) is 24.3 Å². The number of carbonyl (C=O) groups excluding carboxylic acids is 1. The van der Waals surface area contributed by atoms with E-state index in [9.17, 15) is 9.36 Å². The van der Waals surface area contributed by atoms with Crippen molar-refractivity contribution in [2.45, 2.75) is 39.2 Å². The zero-order chi connectivity index (χ0) is 17.6. The Morgan fingerprint density at radius 2 is 2.04 bits per heavy atom. The fraction of sp³-hybridized carbons (Fsp3) is 0.588. The molecule has 1 fully saturated rings. The van der Waals surface area contributed by atoms with Crippen LogP contribution in [0, 0.1) is 0 Å². The van der Waals surface area contributed by atoms with Gasteiger partial charge in [0.2, 0.25) is 0 Å². The van der Waals surface area contributed by atoms with E-state index in [0.717, 1.165) is 19.3 Å². The molecule has 2 rings (SSSR count). The molecule has 1 aromatic carbocycles. The van der Waals surface area contributed by atoms with Crippen molar-refractivity contribution in [3.8, 4) is 5.75 Å². The van der Waals surface area contributed by atoms with Crippen LogP contribution in [0.5, 0.6) is 5.75 Å². The Labute approximate surface area is 143 Å². The first-order chi connectivity index (χ1) is 11.5. The summed E-state index contributed by atoms with van der Waals surface area (Å²) in [5.74, 6) is 0.296. The molecule has 0 aliphatic carbocycles. The summed E-state index contributed by atoms with van der Waals surface area (Å²) in [5, 5.41) is 0.571. The predicted molar refractivity (Wildman–Crippen MR) is 92.8 cm³/mol. The highest BCUT2D eigenvalue weighted by molar-refractivity contribution is 7.64. The summed E-state index contributed by atoms with van der Waals surface area (Å²) in [5.41, 5.74) is 0. The van der Waals surface area contributed by atoms with Gasteiger partial charge in [0.15, 0.2) is 0 Å². The number of carbonyl (C=O) groups is 1. The third kappa shape index (κ3) is 4.38. The van der Waals surface area contributed by atoms with Crippen LogP contribution >= 0.6 is 7.52 Å². The molecule has 1 heterocycles. The first-order valence-electron chi connectivity index (χ1n) is 8.33. The summed E-state index contributed by atoms with van der Waals surface area (Å²) >= 11 is 0. The molecule has 0 radical (unpaired) electrons. The van der Waals surface area contributed by atoms with E-state index in [2.05, 4.69) is 0 Å². The first kappa shape index (κ1) is 19.0. The number of nitrogens with zero attached hydrogens (tertiary/aromatic N) is 1. The van der Waals surface area contributed by atoms with Gasteiger partial charge in [-0.25, -0.2) is 4.67 Å². The third-order valence-electron chi connectivity index (χ3n) is 4.12. The second-order valence-corrected chi connectivity index (χ2v) is 8.13. The van der Waals surface area contributed by atoms with E-state index in [0.29, 0.717) is 24.3 Å². The van der Waals surface area contributed by atoms with Gasteiger partial charge in [-0.15, -0.1) is 0 Å². The maximum absolute atomic E-state index is 13.7. The molecule has 0 N–H and O–H groups in total. The number of benzene rings is 1. The number of hydrogen-bond donors (Lipinski definition) is 0. The van der Waals surface area contributed by atoms with Gasteiger partial charge in [-0.3, -0.25) is 9.36 Å². The van der Waals surface area contributed by atoms with Gasteiger partial charge in [-0.05, 0) is 57.4 Å². The fourth-order valence-corrected chi connectivity index (χ4v) is 5.23. The van der Waals surface area contributed by atoms with E-state index in [1.165, 1.54) is 0 Å². The number of esters is 1. The van der Waals surface area contributed by atoms with Crippen LogP contribution in [-0.4, -0.2) is 43.5 Å². The topological polar surface area (TPSA) is 65.1 Å². The quantitative estimate of drug-likeness (QED) is 0.598. The zero-order valence-electron chi connectivity index (χ0n) is 14.6. The third-order valence-corrected chi connectivity index (χ3v) is 6.82. The summed E-state index contributed by atoms with van der Waals surface area (Å²) in [6.07, 6.45) is 2.70. The molecule has 1 aliphatic rings. The van der Waals surface area contributed by atoms with Crippen molar-refractivity contribution < 1.29 is 23.4 Å². The Hall–Kier alpha value is -1.36. The van der Waals surface area contributed by atoms with Crippen LogP contribution in [-0.2, 0) is 18.6 Å². The lowest BCUT2D eigenvalue weighted by Gasteiger charge is -2.36. The highest BCUT2D eigenvalue weighted by Gasteiger charge is 2.39. The van der Waals surface area contributed by atoms with Gasteiger partial charge in [0.05, 0.1) is 25.6 Å².